The summed E-state index contributed by atoms with van der Waals surface area (Å²) in [6, 6.07) is 0. The molecule has 0 aliphatic rings. The molecule has 0 saturated heterocycles. The summed E-state index contributed by atoms with van der Waals surface area (Å²) in [6.07, 6.45) is 6.62. The molecule has 0 radical (unpaired) electrons. The van der Waals surface area contributed by atoms with E-state index in [1.165, 1.54) is 0 Å². The van der Waals surface area contributed by atoms with Crippen molar-refractivity contribution in [1.82, 2.24) is 4.13 Å². The predicted octanol–water partition coefficient (Wildman–Crippen LogP) is 2.40. The van der Waals surface area contributed by atoms with Crippen molar-refractivity contribution in [2.45, 2.75) is 65.2 Å². The van der Waals surface area contributed by atoms with E-state index in [4.69, 9.17) is 0 Å². The fourth-order valence-corrected chi connectivity index (χ4v) is 5.10. The van der Waals surface area contributed by atoms with E-state index in [1.807, 2.05) is 18.0 Å². The van der Waals surface area contributed by atoms with Crippen LogP contribution >= 0.6 is 0 Å². The second-order valence-electron chi connectivity index (χ2n) is 4.84. The molecule has 0 saturated carbocycles. The molecule has 19 heavy (non-hydrogen) atoms. The van der Waals surface area contributed by atoms with E-state index in [1.54, 1.807) is 0 Å². The maximum absolute atomic E-state index is 11.6. The van der Waals surface area contributed by atoms with Gasteiger partial charge in [-0.15, -0.1) is 4.13 Å². The SMILES string of the molecule is CCCCCCS(=O)(=O)NS(=O)(=O)CCCCCC. The Balaban J connectivity index is 4.09. The molecule has 1 N–H and O–H groups in total. The Morgan fingerprint density at radius 3 is 1.32 bits per heavy atom. The lowest BCUT2D eigenvalue weighted by Gasteiger charge is -2.07. The van der Waals surface area contributed by atoms with Crippen molar-refractivity contribution in [3.8, 4) is 0 Å². The number of hydrogen-bond donors (Lipinski definition) is 1. The van der Waals surface area contributed by atoms with Gasteiger partial charge in [0.1, 0.15) is 0 Å². The molecule has 0 aromatic rings. The Kier molecular flexibility index (Phi) is 9.64. The first-order valence-electron chi connectivity index (χ1n) is 7.07. The Hall–Kier alpha value is -0.140. The average Bonchev–Trinajstić information content (AvgIpc) is 2.29. The highest BCUT2D eigenvalue weighted by Crippen LogP contribution is 2.05. The largest absolute Gasteiger partial charge is 0.224 e. The lowest BCUT2D eigenvalue weighted by atomic mass is 10.2. The standard InChI is InChI=1S/C12H27NO4S2/c1-3-5-7-9-11-18(14,15)13-19(16,17)12-10-8-6-4-2/h13H,3-12H2,1-2H3. The van der Waals surface area contributed by atoms with E-state index in [0.717, 1.165) is 38.5 Å². The maximum Gasteiger partial charge on any atom is 0.224 e. The van der Waals surface area contributed by atoms with Gasteiger partial charge in [0.15, 0.2) is 0 Å². The Bertz CT molecular complexity index is 375. The van der Waals surface area contributed by atoms with Crippen molar-refractivity contribution in [2.75, 3.05) is 11.5 Å². The van der Waals surface area contributed by atoms with Gasteiger partial charge in [0, 0.05) is 0 Å². The minimum Gasteiger partial charge on any atom is -0.211 e. The van der Waals surface area contributed by atoms with Crippen LogP contribution in [0.4, 0.5) is 0 Å². The van der Waals surface area contributed by atoms with Gasteiger partial charge in [-0.25, -0.2) is 16.8 Å². The van der Waals surface area contributed by atoms with Crippen molar-refractivity contribution < 1.29 is 16.8 Å². The summed E-state index contributed by atoms with van der Waals surface area (Å²) in [5.41, 5.74) is 0. The molecule has 0 unspecified atom stereocenters. The fraction of sp³-hybridized carbons (Fsp3) is 1.00. The summed E-state index contributed by atoms with van der Waals surface area (Å²) in [6.45, 7) is 4.07. The highest BCUT2D eigenvalue weighted by Gasteiger charge is 2.19. The van der Waals surface area contributed by atoms with Crippen molar-refractivity contribution in [2.24, 2.45) is 0 Å². The van der Waals surface area contributed by atoms with E-state index < -0.39 is 20.0 Å². The molecule has 0 rings (SSSR count). The molecular formula is C12H27NO4S2. The molecule has 0 aromatic carbocycles. The van der Waals surface area contributed by atoms with E-state index >= 15 is 0 Å². The zero-order valence-corrected chi connectivity index (χ0v) is 13.7. The average molecular weight is 313 g/mol. The minimum absolute atomic E-state index is 0.110. The summed E-state index contributed by atoms with van der Waals surface area (Å²) in [5.74, 6) is -0.220. The summed E-state index contributed by atoms with van der Waals surface area (Å²) >= 11 is 0. The molecule has 5 nitrogen and oxygen atoms in total. The van der Waals surface area contributed by atoms with E-state index in [0.29, 0.717) is 12.8 Å². The molecule has 0 bridgehead atoms. The fourth-order valence-electron chi connectivity index (χ4n) is 1.71. The molecule has 0 aliphatic carbocycles. The Labute approximate surface area is 118 Å². The maximum atomic E-state index is 11.6. The smallest absolute Gasteiger partial charge is 0.211 e. The molecule has 0 spiro atoms. The molecule has 0 aromatic heterocycles. The quantitative estimate of drug-likeness (QED) is 0.561. The van der Waals surface area contributed by atoms with Gasteiger partial charge in [0.25, 0.3) is 0 Å². The van der Waals surface area contributed by atoms with Gasteiger partial charge in [0.05, 0.1) is 11.5 Å². The third-order valence-electron chi connectivity index (χ3n) is 2.79. The first kappa shape index (κ1) is 18.9. The Morgan fingerprint density at radius 1 is 0.632 bits per heavy atom. The van der Waals surface area contributed by atoms with Gasteiger partial charge in [-0.1, -0.05) is 52.4 Å². The monoisotopic (exact) mass is 313 g/mol. The highest BCUT2D eigenvalue weighted by molar-refractivity contribution is 8.04. The summed E-state index contributed by atoms with van der Waals surface area (Å²) in [4.78, 5) is 0. The first-order valence-corrected chi connectivity index (χ1v) is 10.4. The van der Waals surface area contributed by atoms with Crippen LogP contribution in [0.1, 0.15) is 65.2 Å². The van der Waals surface area contributed by atoms with Crippen molar-refractivity contribution in [3.63, 3.8) is 0 Å². The van der Waals surface area contributed by atoms with Crippen LogP contribution in [-0.4, -0.2) is 28.3 Å². The summed E-state index contributed by atoms with van der Waals surface area (Å²) in [7, 11) is -7.40. The lowest BCUT2D eigenvalue weighted by Crippen LogP contribution is -2.34. The van der Waals surface area contributed by atoms with Crippen LogP contribution in [-0.2, 0) is 20.0 Å². The number of sulfonamides is 2. The van der Waals surface area contributed by atoms with Crippen LogP contribution in [0.5, 0.6) is 0 Å². The van der Waals surface area contributed by atoms with Gasteiger partial charge in [-0.2, -0.15) is 0 Å². The number of rotatable bonds is 12. The second-order valence-corrected chi connectivity index (χ2v) is 8.78. The lowest BCUT2D eigenvalue weighted by molar-refractivity contribution is 0.570. The third-order valence-corrected chi connectivity index (χ3v) is 6.47. The van der Waals surface area contributed by atoms with Crippen molar-refractivity contribution in [1.29, 1.82) is 0 Å². The topological polar surface area (TPSA) is 80.3 Å². The summed E-state index contributed by atoms with van der Waals surface area (Å²) in [5, 5.41) is 0. The Morgan fingerprint density at radius 2 is 1.00 bits per heavy atom. The van der Waals surface area contributed by atoms with E-state index in [-0.39, 0.29) is 11.5 Å². The van der Waals surface area contributed by atoms with Crippen LogP contribution < -0.4 is 4.13 Å². The van der Waals surface area contributed by atoms with Crippen LogP contribution in [0.15, 0.2) is 0 Å². The summed E-state index contributed by atoms with van der Waals surface area (Å²) < 4.78 is 48.3. The van der Waals surface area contributed by atoms with Crippen molar-refractivity contribution >= 4 is 20.0 Å². The van der Waals surface area contributed by atoms with Crippen molar-refractivity contribution in [3.05, 3.63) is 0 Å². The normalized spacial score (nSPS) is 12.7. The zero-order valence-electron chi connectivity index (χ0n) is 12.0. The minimum atomic E-state index is -3.70. The third kappa shape index (κ3) is 11.4. The molecule has 7 heteroatoms. The van der Waals surface area contributed by atoms with Crippen LogP contribution in [0.25, 0.3) is 0 Å². The molecule has 0 amide bonds. The van der Waals surface area contributed by atoms with Crippen LogP contribution in [0.2, 0.25) is 0 Å². The highest BCUT2D eigenvalue weighted by atomic mass is 32.3. The number of hydrogen-bond acceptors (Lipinski definition) is 4. The molecule has 0 heterocycles. The van der Waals surface area contributed by atoms with Gasteiger partial charge < -0.3 is 0 Å². The second kappa shape index (κ2) is 9.72. The predicted molar refractivity (Wildman–Crippen MR) is 79.0 cm³/mol. The molecule has 116 valence electrons. The van der Waals surface area contributed by atoms with Crippen LogP contribution in [0, 0.1) is 0 Å². The van der Waals surface area contributed by atoms with E-state index in [2.05, 4.69) is 0 Å². The van der Waals surface area contributed by atoms with Crippen LogP contribution in [0.3, 0.4) is 0 Å². The first-order chi connectivity index (χ1) is 8.83. The molecule has 0 atom stereocenters. The number of nitrogens with one attached hydrogen (secondary N) is 1. The molecular weight excluding hydrogens is 286 g/mol. The zero-order chi connectivity index (χ0) is 14.8. The number of unbranched alkanes of at least 4 members (excludes halogenated alkanes) is 6. The van der Waals surface area contributed by atoms with Gasteiger partial charge in [-0.05, 0) is 12.8 Å². The van der Waals surface area contributed by atoms with Gasteiger partial charge in [0.2, 0.25) is 20.0 Å². The van der Waals surface area contributed by atoms with Gasteiger partial charge >= 0.3 is 0 Å². The molecule has 0 aliphatic heterocycles. The van der Waals surface area contributed by atoms with Gasteiger partial charge in [-0.3, -0.25) is 0 Å². The molecule has 0 fully saturated rings. The van der Waals surface area contributed by atoms with E-state index in [9.17, 15) is 16.8 Å².